The van der Waals surface area contributed by atoms with Crippen LogP contribution >= 0.6 is 11.3 Å². The predicted molar refractivity (Wildman–Crippen MR) is 101 cm³/mol. The van der Waals surface area contributed by atoms with Crippen molar-refractivity contribution in [3.63, 3.8) is 0 Å². The number of carbonyl (C=O) groups excluding carboxylic acids is 1. The molecule has 1 spiro atoms. The quantitative estimate of drug-likeness (QED) is 0.811. The molecule has 5 heteroatoms. The highest BCUT2D eigenvalue weighted by molar-refractivity contribution is 7.09. The smallest absolute Gasteiger partial charge is 0.223 e. The maximum Gasteiger partial charge on any atom is 0.223 e. The van der Waals surface area contributed by atoms with Gasteiger partial charge in [0.05, 0.1) is 12.1 Å². The third-order valence-corrected chi connectivity index (χ3v) is 7.49. The summed E-state index contributed by atoms with van der Waals surface area (Å²) in [4.78, 5) is 22.9. The van der Waals surface area contributed by atoms with Crippen molar-refractivity contribution in [3.8, 4) is 0 Å². The molecular weight excluding hydrogens is 330 g/mol. The molecular formula is C20H31N3OS. The molecule has 3 heterocycles. The van der Waals surface area contributed by atoms with Gasteiger partial charge < -0.3 is 9.80 Å². The Balaban J connectivity index is 1.40. The molecule has 25 heavy (non-hydrogen) atoms. The summed E-state index contributed by atoms with van der Waals surface area (Å²) in [6.45, 7) is 4.45. The van der Waals surface area contributed by atoms with E-state index in [2.05, 4.69) is 14.8 Å². The normalized spacial score (nSPS) is 29.4. The summed E-state index contributed by atoms with van der Waals surface area (Å²) >= 11 is 1.67. The van der Waals surface area contributed by atoms with Crippen LogP contribution in [-0.4, -0.2) is 45.9 Å². The summed E-state index contributed by atoms with van der Waals surface area (Å²) in [7, 11) is 0. The first-order chi connectivity index (χ1) is 12.3. The van der Waals surface area contributed by atoms with E-state index in [1.807, 2.05) is 11.7 Å². The number of nitrogens with zero attached hydrogens (tertiary/aromatic N) is 3. The van der Waals surface area contributed by atoms with Crippen molar-refractivity contribution in [1.82, 2.24) is 14.8 Å². The molecule has 1 atom stereocenters. The molecule has 1 amide bonds. The molecule has 1 aromatic heterocycles. The van der Waals surface area contributed by atoms with Crippen molar-refractivity contribution in [2.75, 3.05) is 19.6 Å². The standard InChI is InChI=1S/C20H31N3OS/c24-19-7-9-20(23(19)15-18-13-21-16-25-18)8-4-11-22(12-10-20)14-17-5-2-1-3-6-17/h13,16-17H,1-12,14-15H2/t20-/m1/s1. The maximum absolute atomic E-state index is 12.6. The van der Waals surface area contributed by atoms with Gasteiger partial charge in [-0.2, -0.15) is 0 Å². The van der Waals surface area contributed by atoms with Crippen LogP contribution in [-0.2, 0) is 11.3 Å². The van der Waals surface area contributed by atoms with Gasteiger partial charge in [-0.25, -0.2) is 0 Å². The van der Waals surface area contributed by atoms with Crippen LogP contribution in [0.2, 0.25) is 0 Å². The van der Waals surface area contributed by atoms with Crippen molar-refractivity contribution in [2.45, 2.75) is 76.3 Å². The number of hydrogen-bond acceptors (Lipinski definition) is 4. The second-order valence-electron chi connectivity index (χ2n) is 8.33. The molecule has 0 unspecified atom stereocenters. The number of hydrogen-bond donors (Lipinski definition) is 0. The number of thiazole rings is 1. The van der Waals surface area contributed by atoms with Gasteiger partial charge in [0.25, 0.3) is 0 Å². The second kappa shape index (κ2) is 7.75. The van der Waals surface area contributed by atoms with Crippen LogP contribution in [0.5, 0.6) is 0 Å². The van der Waals surface area contributed by atoms with Crippen molar-refractivity contribution >= 4 is 17.2 Å². The van der Waals surface area contributed by atoms with Crippen LogP contribution in [0.15, 0.2) is 11.7 Å². The van der Waals surface area contributed by atoms with E-state index in [0.717, 1.165) is 31.7 Å². The van der Waals surface area contributed by atoms with Gasteiger partial charge >= 0.3 is 0 Å². The van der Waals surface area contributed by atoms with Crippen LogP contribution in [0.1, 0.15) is 69.1 Å². The zero-order valence-corrected chi connectivity index (χ0v) is 16.1. The molecule has 1 aromatic rings. The van der Waals surface area contributed by atoms with E-state index in [1.54, 1.807) is 11.3 Å². The average Bonchev–Trinajstić information content (AvgIpc) is 3.19. The van der Waals surface area contributed by atoms with E-state index in [-0.39, 0.29) is 5.54 Å². The minimum Gasteiger partial charge on any atom is -0.332 e. The van der Waals surface area contributed by atoms with Crippen molar-refractivity contribution in [1.29, 1.82) is 0 Å². The lowest BCUT2D eigenvalue weighted by Crippen LogP contribution is -2.46. The minimum absolute atomic E-state index is 0.113. The largest absolute Gasteiger partial charge is 0.332 e. The highest BCUT2D eigenvalue weighted by Crippen LogP contribution is 2.40. The van der Waals surface area contributed by atoms with E-state index in [4.69, 9.17) is 0 Å². The highest BCUT2D eigenvalue weighted by Gasteiger charge is 2.45. The Bertz CT molecular complexity index is 570. The molecule has 3 fully saturated rings. The molecule has 0 aromatic carbocycles. The molecule has 2 aliphatic heterocycles. The Morgan fingerprint density at radius 1 is 1.12 bits per heavy atom. The van der Waals surface area contributed by atoms with Gasteiger partial charge in [0.2, 0.25) is 5.91 Å². The molecule has 0 radical (unpaired) electrons. The summed E-state index contributed by atoms with van der Waals surface area (Å²) in [6, 6.07) is 0. The molecule has 4 nitrogen and oxygen atoms in total. The van der Waals surface area contributed by atoms with Gasteiger partial charge in [0.1, 0.15) is 0 Å². The van der Waals surface area contributed by atoms with Crippen molar-refractivity contribution < 1.29 is 4.79 Å². The van der Waals surface area contributed by atoms with Gasteiger partial charge in [0, 0.05) is 36.1 Å². The van der Waals surface area contributed by atoms with E-state index in [0.29, 0.717) is 5.91 Å². The lowest BCUT2D eigenvalue weighted by atomic mass is 9.87. The van der Waals surface area contributed by atoms with Crippen LogP contribution in [0.25, 0.3) is 0 Å². The third-order valence-electron chi connectivity index (χ3n) is 6.73. The molecule has 0 N–H and O–H groups in total. The Kier molecular flexibility index (Phi) is 5.41. The molecule has 2 saturated heterocycles. The SMILES string of the molecule is O=C1CC[C@@]2(CCCN(CC3CCCCC3)CC2)N1Cc1cncs1. The fourth-order valence-electron chi connectivity index (χ4n) is 5.28. The molecule has 0 bridgehead atoms. The topological polar surface area (TPSA) is 36.4 Å². The molecule has 138 valence electrons. The minimum atomic E-state index is 0.113. The van der Waals surface area contributed by atoms with Gasteiger partial charge in [-0.15, -0.1) is 11.3 Å². The van der Waals surface area contributed by atoms with Crippen LogP contribution in [0.4, 0.5) is 0 Å². The summed E-state index contributed by atoms with van der Waals surface area (Å²) in [5.74, 6) is 1.27. The Hall–Kier alpha value is -0.940. The first kappa shape index (κ1) is 17.5. The number of aromatic nitrogens is 1. The van der Waals surface area contributed by atoms with Crippen LogP contribution in [0.3, 0.4) is 0 Å². The van der Waals surface area contributed by atoms with E-state index in [9.17, 15) is 4.79 Å². The van der Waals surface area contributed by atoms with E-state index >= 15 is 0 Å². The number of carbonyl (C=O) groups is 1. The zero-order chi connectivity index (χ0) is 17.1. The fourth-order valence-corrected chi connectivity index (χ4v) is 5.86. The molecule has 4 rings (SSSR count). The first-order valence-electron chi connectivity index (χ1n) is 10.2. The summed E-state index contributed by atoms with van der Waals surface area (Å²) in [5, 5.41) is 0. The number of likely N-dealkylation sites (tertiary alicyclic amines) is 2. The first-order valence-corrected chi connectivity index (χ1v) is 11.0. The predicted octanol–water partition coefficient (Wildman–Crippen LogP) is 4.07. The summed E-state index contributed by atoms with van der Waals surface area (Å²) < 4.78 is 0. The lowest BCUT2D eigenvalue weighted by Gasteiger charge is -2.38. The highest BCUT2D eigenvalue weighted by atomic mass is 32.1. The maximum atomic E-state index is 12.6. The average molecular weight is 362 g/mol. The third kappa shape index (κ3) is 3.92. The second-order valence-corrected chi connectivity index (χ2v) is 9.30. The lowest BCUT2D eigenvalue weighted by molar-refractivity contribution is -0.132. The molecule has 1 saturated carbocycles. The van der Waals surface area contributed by atoms with Gasteiger partial charge in [-0.3, -0.25) is 9.78 Å². The monoisotopic (exact) mass is 361 g/mol. The Labute approximate surface area is 155 Å². The summed E-state index contributed by atoms with van der Waals surface area (Å²) in [5.41, 5.74) is 1.99. The number of rotatable bonds is 4. The van der Waals surface area contributed by atoms with E-state index < -0.39 is 0 Å². The fraction of sp³-hybridized carbons (Fsp3) is 0.800. The Morgan fingerprint density at radius 3 is 2.80 bits per heavy atom. The molecule has 1 aliphatic carbocycles. The van der Waals surface area contributed by atoms with Crippen LogP contribution in [0, 0.1) is 5.92 Å². The van der Waals surface area contributed by atoms with Crippen LogP contribution < -0.4 is 0 Å². The van der Waals surface area contributed by atoms with E-state index in [1.165, 1.54) is 69.5 Å². The number of amides is 1. The van der Waals surface area contributed by atoms with Gasteiger partial charge in [-0.05, 0) is 51.0 Å². The molecule has 3 aliphatic rings. The zero-order valence-electron chi connectivity index (χ0n) is 15.3. The summed E-state index contributed by atoms with van der Waals surface area (Å²) in [6.07, 6.45) is 14.4. The van der Waals surface area contributed by atoms with Gasteiger partial charge in [0.15, 0.2) is 0 Å². The van der Waals surface area contributed by atoms with Crippen molar-refractivity contribution in [2.24, 2.45) is 5.92 Å². The van der Waals surface area contributed by atoms with Gasteiger partial charge in [-0.1, -0.05) is 19.3 Å². The van der Waals surface area contributed by atoms with Crippen molar-refractivity contribution in [3.05, 3.63) is 16.6 Å². The Morgan fingerprint density at radius 2 is 2.00 bits per heavy atom.